The minimum Gasteiger partial charge on any atom is -0.383 e. The summed E-state index contributed by atoms with van der Waals surface area (Å²) in [7, 11) is 1.66. The van der Waals surface area contributed by atoms with Gasteiger partial charge in [-0.2, -0.15) is 4.80 Å². The molecule has 144 valence electrons. The molecule has 0 saturated carbocycles. The van der Waals surface area contributed by atoms with E-state index in [0.717, 1.165) is 12.1 Å². The van der Waals surface area contributed by atoms with Gasteiger partial charge in [0.1, 0.15) is 0 Å². The zero-order chi connectivity index (χ0) is 18.1. The number of amides is 1. The van der Waals surface area contributed by atoms with Gasteiger partial charge in [0.05, 0.1) is 6.61 Å². The number of benzene rings is 1. The van der Waals surface area contributed by atoms with Crippen molar-refractivity contribution in [1.82, 2.24) is 30.8 Å². The highest BCUT2D eigenvalue weighted by molar-refractivity contribution is 5.85. The number of aromatic nitrogens is 4. The van der Waals surface area contributed by atoms with E-state index in [2.05, 4.69) is 26.0 Å². The average molecular weight is 383 g/mol. The molecule has 1 aromatic carbocycles. The van der Waals surface area contributed by atoms with E-state index < -0.39 is 6.04 Å². The molecule has 0 aliphatic carbocycles. The summed E-state index contributed by atoms with van der Waals surface area (Å²) in [6.45, 7) is 6.55. The van der Waals surface area contributed by atoms with Gasteiger partial charge < -0.3 is 15.4 Å². The number of hydrogen-bond donors (Lipinski definition) is 2. The number of nitrogens with one attached hydrogen (secondary N) is 2. The van der Waals surface area contributed by atoms with E-state index in [1.807, 2.05) is 44.2 Å². The Balaban J connectivity index is 0.00000338. The summed E-state index contributed by atoms with van der Waals surface area (Å²) in [5, 5.41) is 18.7. The molecular formula is C17H27ClN6O2. The van der Waals surface area contributed by atoms with Gasteiger partial charge in [0.2, 0.25) is 11.7 Å². The third-order valence-electron chi connectivity index (χ3n) is 3.69. The van der Waals surface area contributed by atoms with Crippen molar-refractivity contribution in [3.05, 3.63) is 30.3 Å². The number of nitrogens with zero attached hydrogens (tertiary/aromatic N) is 4. The number of carbonyl (C=O) groups excluding carboxylic acids is 1. The summed E-state index contributed by atoms with van der Waals surface area (Å²) in [6, 6.07) is 9.09. The van der Waals surface area contributed by atoms with Crippen LogP contribution in [0.15, 0.2) is 30.3 Å². The molecule has 0 bridgehead atoms. The van der Waals surface area contributed by atoms with Crippen LogP contribution in [-0.4, -0.2) is 59.5 Å². The monoisotopic (exact) mass is 382 g/mol. The van der Waals surface area contributed by atoms with Crippen molar-refractivity contribution in [2.24, 2.45) is 5.92 Å². The van der Waals surface area contributed by atoms with Crippen LogP contribution in [0, 0.1) is 5.92 Å². The number of halogens is 1. The first-order chi connectivity index (χ1) is 12.1. The van der Waals surface area contributed by atoms with E-state index in [4.69, 9.17) is 4.74 Å². The highest BCUT2D eigenvalue weighted by atomic mass is 35.5. The lowest BCUT2D eigenvalue weighted by molar-refractivity contribution is -0.126. The molecule has 0 radical (unpaired) electrons. The fourth-order valence-corrected chi connectivity index (χ4v) is 2.40. The minimum absolute atomic E-state index is 0. The maximum atomic E-state index is 12.5. The maximum Gasteiger partial charge on any atom is 0.247 e. The van der Waals surface area contributed by atoms with Gasteiger partial charge in [-0.1, -0.05) is 44.2 Å². The first-order valence-electron chi connectivity index (χ1n) is 8.45. The minimum atomic E-state index is -0.496. The van der Waals surface area contributed by atoms with Crippen LogP contribution in [0.25, 0.3) is 11.4 Å². The number of hydrogen-bond acceptors (Lipinski definition) is 6. The summed E-state index contributed by atoms with van der Waals surface area (Å²) in [6.07, 6.45) is 0. The van der Waals surface area contributed by atoms with Crippen LogP contribution < -0.4 is 10.6 Å². The normalized spacial score (nSPS) is 11.8. The molecule has 1 amide bonds. The van der Waals surface area contributed by atoms with E-state index in [0.29, 0.717) is 25.5 Å². The van der Waals surface area contributed by atoms with Gasteiger partial charge in [0, 0.05) is 32.3 Å². The Hall–Kier alpha value is -2.03. The molecule has 2 N–H and O–H groups in total. The molecule has 0 saturated heterocycles. The van der Waals surface area contributed by atoms with Crippen molar-refractivity contribution in [1.29, 1.82) is 0 Å². The fourth-order valence-electron chi connectivity index (χ4n) is 2.40. The lowest BCUT2D eigenvalue weighted by atomic mass is 10.0. The number of carbonyl (C=O) groups is 1. The highest BCUT2D eigenvalue weighted by Gasteiger charge is 2.26. The highest BCUT2D eigenvalue weighted by Crippen LogP contribution is 2.18. The zero-order valence-corrected chi connectivity index (χ0v) is 16.2. The van der Waals surface area contributed by atoms with Crippen molar-refractivity contribution in [2.45, 2.75) is 19.9 Å². The molecule has 0 aliphatic rings. The van der Waals surface area contributed by atoms with Gasteiger partial charge in [0.25, 0.3) is 0 Å². The molecule has 9 heteroatoms. The smallest absolute Gasteiger partial charge is 0.247 e. The second-order valence-electron chi connectivity index (χ2n) is 6.02. The van der Waals surface area contributed by atoms with Crippen LogP contribution in [-0.2, 0) is 9.53 Å². The number of ether oxygens (including phenoxy) is 1. The third-order valence-corrected chi connectivity index (χ3v) is 3.69. The molecular weight excluding hydrogens is 356 g/mol. The van der Waals surface area contributed by atoms with Crippen molar-refractivity contribution >= 4 is 18.3 Å². The fraction of sp³-hybridized carbons (Fsp3) is 0.529. The van der Waals surface area contributed by atoms with E-state index >= 15 is 0 Å². The van der Waals surface area contributed by atoms with E-state index in [9.17, 15) is 4.79 Å². The van der Waals surface area contributed by atoms with Crippen molar-refractivity contribution in [3.8, 4) is 11.4 Å². The SMILES string of the molecule is COCCNCCNC(=O)C(C(C)C)n1nnc(-c2ccccc2)n1.Cl. The Kier molecular flexibility index (Phi) is 9.79. The first kappa shape index (κ1) is 22.0. The second kappa shape index (κ2) is 11.6. The third kappa shape index (κ3) is 6.36. The van der Waals surface area contributed by atoms with Crippen molar-refractivity contribution < 1.29 is 9.53 Å². The van der Waals surface area contributed by atoms with Crippen LogP contribution in [0.3, 0.4) is 0 Å². The van der Waals surface area contributed by atoms with E-state index in [1.165, 1.54) is 4.80 Å². The van der Waals surface area contributed by atoms with Crippen molar-refractivity contribution in [3.63, 3.8) is 0 Å². The molecule has 26 heavy (non-hydrogen) atoms. The topological polar surface area (TPSA) is 94.0 Å². The van der Waals surface area contributed by atoms with E-state index in [1.54, 1.807) is 7.11 Å². The van der Waals surface area contributed by atoms with Gasteiger partial charge >= 0.3 is 0 Å². The Morgan fingerprint density at radius 3 is 2.58 bits per heavy atom. The Morgan fingerprint density at radius 1 is 1.19 bits per heavy atom. The summed E-state index contributed by atoms with van der Waals surface area (Å²) in [5.41, 5.74) is 0.874. The lowest BCUT2D eigenvalue weighted by Gasteiger charge is -2.18. The second-order valence-corrected chi connectivity index (χ2v) is 6.02. The van der Waals surface area contributed by atoms with Crippen LogP contribution in [0.5, 0.6) is 0 Å². The molecule has 8 nitrogen and oxygen atoms in total. The Morgan fingerprint density at radius 2 is 1.92 bits per heavy atom. The van der Waals surface area contributed by atoms with Gasteiger partial charge in [0.15, 0.2) is 6.04 Å². The van der Waals surface area contributed by atoms with Crippen LogP contribution in [0.2, 0.25) is 0 Å². The van der Waals surface area contributed by atoms with Gasteiger partial charge in [-0.3, -0.25) is 4.79 Å². The lowest BCUT2D eigenvalue weighted by Crippen LogP contribution is -2.40. The van der Waals surface area contributed by atoms with Crippen LogP contribution in [0.1, 0.15) is 19.9 Å². The molecule has 1 aromatic heterocycles. The summed E-state index contributed by atoms with van der Waals surface area (Å²) < 4.78 is 4.96. The molecule has 2 rings (SSSR count). The van der Waals surface area contributed by atoms with Crippen LogP contribution in [0.4, 0.5) is 0 Å². The predicted octanol–water partition coefficient (Wildman–Crippen LogP) is 1.31. The molecule has 1 unspecified atom stereocenters. The zero-order valence-electron chi connectivity index (χ0n) is 15.4. The number of methoxy groups -OCH3 is 1. The molecule has 0 aliphatic heterocycles. The standard InChI is InChI=1S/C17H26N6O2.ClH/c1-13(2)15(17(24)19-10-9-18-11-12-25-3)23-21-16(20-22-23)14-7-5-4-6-8-14;/h4-8,13,15,18H,9-12H2,1-3H3,(H,19,24);1H. The average Bonchev–Trinajstić information content (AvgIpc) is 3.08. The largest absolute Gasteiger partial charge is 0.383 e. The maximum absolute atomic E-state index is 12.5. The van der Waals surface area contributed by atoms with Crippen LogP contribution >= 0.6 is 12.4 Å². The molecule has 0 fully saturated rings. The van der Waals surface area contributed by atoms with Gasteiger partial charge in [-0.25, -0.2) is 0 Å². The van der Waals surface area contributed by atoms with Crippen molar-refractivity contribution in [2.75, 3.05) is 33.4 Å². The predicted molar refractivity (Wildman–Crippen MR) is 102 cm³/mol. The molecule has 1 heterocycles. The first-order valence-corrected chi connectivity index (χ1v) is 8.45. The molecule has 1 atom stereocenters. The summed E-state index contributed by atoms with van der Waals surface area (Å²) in [5.74, 6) is 0.445. The molecule has 2 aromatic rings. The van der Waals surface area contributed by atoms with E-state index in [-0.39, 0.29) is 24.2 Å². The summed E-state index contributed by atoms with van der Waals surface area (Å²) >= 11 is 0. The quantitative estimate of drug-likeness (QED) is 0.602. The Bertz CT molecular complexity index is 650. The van der Waals surface area contributed by atoms with Gasteiger partial charge in [-0.15, -0.1) is 22.6 Å². The van der Waals surface area contributed by atoms with Gasteiger partial charge in [-0.05, 0) is 11.1 Å². The molecule has 0 spiro atoms. The Labute approximate surface area is 160 Å². The number of tetrazole rings is 1. The number of rotatable bonds is 10. The summed E-state index contributed by atoms with van der Waals surface area (Å²) in [4.78, 5) is 13.9.